The molecule has 11 nitrogen and oxygen atoms in total. The molecule has 2 N–H and O–H groups in total. The molecule has 39 heavy (non-hydrogen) atoms. The van der Waals surface area contributed by atoms with Crippen LogP contribution in [0.2, 0.25) is 0 Å². The van der Waals surface area contributed by atoms with Crippen LogP contribution in [-0.2, 0) is 14.4 Å². The Morgan fingerprint density at radius 1 is 1.08 bits per heavy atom. The van der Waals surface area contributed by atoms with Gasteiger partial charge in [-0.05, 0) is 56.3 Å². The standard InChI is InChI=1S/C27H27N7O4S/c1-17-14-18(2)34-26(29-17)31-32-27(34)39-16-24(36)33-13-12-28-25(37)22(33)15-23(35)30-19-8-10-21(11-9-19)38-20-6-4-3-5-7-20/h3-11,14,22H,12-13,15-16H2,1-2H3,(H,28,37)(H,30,35). The number of anilines is 1. The summed E-state index contributed by atoms with van der Waals surface area (Å²) in [5, 5.41) is 14.4. The zero-order valence-electron chi connectivity index (χ0n) is 21.5. The number of para-hydroxylation sites is 1. The van der Waals surface area contributed by atoms with Gasteiger partial charge in [0.05, 0.1) is 12.2 Å². The van der Waals surface area contributed by atoms with Gasteiger partial charge in [-0.1, -0.05) is 30.0 Å². The van der Waals surface area contributed by atoms with Crippen LogP contribution in [0.15, 0.2) is 65.8 Å². The van der Waals surface area contributed by atoms with E-state index in [9.17, 15) is 14.4 Å². The predicted octanol–water partition coefficient (Wildman–Crippen LogP) is 2.98. The SMILES string of the molecule is Cc1cc(C)n2c(SCC(=O)N3CCNC(=O)C3CC(=O)Nc3ccc(Oc4ccccc4)cc3)nnc2n1. The quantitative estimate of drug-likeness (QED) is 0.323. The van der Waals surface area contributed by atoms with Crippen LogP contribution in [-0.4, -0.2) is 67.1 Å². The molecule has 1 aliphatic heterocycles. The maximum absolute atomic E-state index is 13.2. The number of fused-ring (bicyclic) bond motifs is 1. The van der Waals surface area contributed by atoms with Crippen molar-refractivity contribution in [3.63, 3.8) is 0 Å². The number of nitrogens with one attached hydrogen (secondary N) is 2. The van der Waals surface area contributed by atoms with Crippen molar-refractivity contribution in [3.8, 4) is 11.5 Å². The van der Waals surface area contributed by atoms with Crippen molar-refractivity contribution < 1.29 is 19.1 Å². The summed E-state index contributed by atoms with van der Waals surface area (Å²) in [6, 6.07) is 17.3. The van der Waals surface area contributed by atoms with E-state index in [1.807, 2.05) is 50.2 Å². The lowest BCUT2D eigenvalue weighted by molar-refractivity contribution is -0.142. The van der Waals surface area contributed by atoms with Crippen molar-refractivity contribution in [3.05, 3.63) is 72.1 Å². The molecule has 1 aliphatic rings. The molecule has 200 valence electrons. The maximum atomic E-state index is 13.2. The topological polar surface area (TPSA) is 131 Å². The molecule has 1 fully saturated rings. The van der Waals surface area contributed by atoms with E-state index >= 15 is 0 Å². The number of aromatic nitrogens is 4. The molecule has 5 rings (SSSR count). The summed E-state index contributed by atoms with van der Waals surface area (Å²) >= 11 is 1.22. The van der Waals surface area contributed by atoms with E-state index in [2.05, 4.69) is 25.8 Å². The summed E-state index contributed by atoms with van der Waals surface area (Å²) < 4.78 is 7.56. The van der Waals surface area contributed by atoms with Crippen LogP contribution in [0.4, 0.5) is 5.69 Å². The fourth-order valence-corrected chi connectivity index (χ4v) is 5.21. The van der Waals surface area contributed by atoms with Crippen LogP contribution in [0.25, 0.3) is 5.78 Å². The zero-order chi connectivity index (χ0) is 27.4. The summed E-state index contributed by atoms with van der Waals surface area (Å²) in [5.74, 6) is 0.854. The van der Waals surface area contributed by atoms with Crippen LogP contribution in [0, 0.1) is 13.8 Å². The molecule has 12 heteroatoms. The molecule has 0 bridgehead atoms. The van der Waals surface area contributed by atoms with Gasteiger partial charge in [0.25, 0.3) is 5.78 Å². The van der Waals surface area contributed by atoms with Gasteiger partial charge >= 0.3 is 0 Å². The number of nitrogens with zero attached hydrogens (tertiary/aromatic N) is 5. The number of carbonyl (C=O) groups is 3. The molecule has 4 aromatic rings. The van der Waals surface area contributed by atoms with Crippen molar-refractivity contribution in [2.24, 2.45) is 0 Å². The fourth-order valence-electron chi connectivity index (χ4n) is 4.34. The molecule has 0 radical (unpaired) electrons. The molecule has 3 amide bonds. The summed E-state index contributed by atoms with van der Waals surface area (Å²) in [5.41, 5.74) is 2.30. The third kappa shape index (κ3) is 6.17. The Kier molecular flexibility index (Phi) is 7.73. The van der Waals surface area contributed by atoms with Crippen LogP contribution in [0.5, 0.6) is 11.5 Å². The second-order valence-corrected chi connectivity index (χ2v) is 9.97. The van der Waals surface area contributed by atoms with E-state index in [1.54, 1.807) is 28.7 Å². The van der Waals surface area contributed by atoms with E-state index in [-0.39, 0.29) is 29.9 Å². The average Bonchev–Trinajstić information content (AvgIpc) is 3.33. The summed E-state index contributed by atoms with van der Waals surface area (Å²) in [7, 11) is 0. The highest BCUT2D eigenvalue weighted by Gasteiger charge is 2.34. The summed E-state index contributed by atoms with van der Waals surface area (Å²) in [6.45, 7) is 4.44. The van der Waals surface area contributed by atoms with Crippen molar-refractivity contribution in [1.82, 2.24) is 29.8 Å². The molecule has 1 saturated heterocycles. The van der Waals surface area contributed by atoms with E-state index in [0.29, 0.717) is 41.2 Å². The zero-order valence-corrected chi connectivity index (χ0v) is 22.3. The minimum absolute atomic E-state index is 0.0440. The number of ether oxygens (including phenoxy) is 1. The summed E-state index contributed by atoms with van der Waals surface area (Å²) in [4.78, 5) is 44.5. The molecule has 0 saturated carbocycles. The third-order valence-electron chi connectivity index (χ3n) is 6.13. The molecular formula is C27H27N7O4S. The van der Waals surface area contributed by atoms with Crippen LogP contribution in [0.3, 0.4) is 0 Å². The number of hydrogen-bond donors (Lipinski definition) is 2. The molecule has 2 aromatic heterocycles. The van der Waals surface area contributed by atoms with E-state index in [1.165, 1.54) is 16.7 Å². The molecule has 0 aliphatic carbocycles. The highest BCUT2D eigenvalue weighted by Crippen LogP contribution is 2.24. The van der Waals surface area contributed by atoms with Crippen molar-refractivity contribution in [2.75, 3.05) is 24.2 Å². The normalized spacial score (nSPS) is 15.2. The molecule has 1 atom stereocenters. The molecule has 3 heterocycles. The number of amides is 3. The van der Waals surface area contributed by atoms with Gasteiger partial charge in [0.2, 0.25) is 17.7 Å². The number of benzene rings is 2. The van der Waals surface area contributed by atoms with Gasteiger partial charge in [0.15, 0.2) is 5.16 Å². The lowest BCUT2D eigenvalue weighted by atomic mass is 10.1. The second kappa shape index (κ2) is 11.5. The fraction of sp³-hybridized carbons (Fsp3) is 0.259. The first-order valence-electron chi connectivity index (χ1n) is 12.4. The first-order chi connectivity index (χ1) is 18.9. The van der Waals surface area contributed by atoms with Gasteiger partial charge in [-0.2, -0.15) is 0 Å². The number of thioether (sulfide) groups is 1. The first kappa shape index (κ1) is 26.2. The predicted molar refractivity (Wildman–Crippen MR) is 146 cm³/mol. The molecule has 0 spiro atoms. The first-order valence-corrected chi connectivity index (χ1v) is 13.4. The van der Waals surface area contributed by atoms with E-state index in [4.69, 9.17) is 4.74 Å². The molecule has 1 unspecified atom stereocenters. The molecule has 2 aromatic carbocycles. The van der Waals surface area contributed by atoms with Crippen LogP contribution >= 0.6 is 11.8 Å². The van der Waals surface area contributed by atoms with Gasteiger partial charge in [-0.15, -0.1) is 10.2 Å². The molecular weight excluding hydrogens is 518 g/mol. The lowest BCUT2D eigenvalue weighted by Crippen LogP contribution is -2.58. The lowest BCUT2D eigenvalue weighted by Gasteiger charge is -2.34. The number of rotatable bonds is 8. The Hall–Kier alpha value is -4.45. The highest BCUT2D eigenvalue weighted by molar-refractivity contribution is 7.99. The monoisotopic (exact) mass is 545 g/mol. The van der Waals surface area contributed by atoms with Crippen molar-refractivity contribution in [2.45, 2.75) is 31.5 Å². The van der Waals surface area contributed by atoms with E-state index in [0.717, 1.165) is 11.4 Å². The van der Waals surface area contributed by atoms with E-state index < -0.39 is 6.04 Å². The Balaban J connectivity index is 1.20. The summed E-state index contributed by atoms with van der Waals surface area (Å²) in [6.07, 6.45) is -0.166. The Morgan fingerprint density at radius 3 is 2.59 bits per heavy atom. The van der Waals surface area contributed by atoms with Crippen LogP contribution < -0.4 is 15.4 Å². The van der Waals surface area contributed by atoms with Crippen LogP contribution in [0.1, 0.15) is 17.8 Å². The third-order valence-corrected chi connectivity index (χ3v) is 7.05. The number of piperazine rings is 1. The smallest absolute Gasteiger partial charge is 0.256 e. The van der Waals surface area contributed by atoms with Gasteiger partial charge in [-0.3, -0.25) is 18.8 Å². The van der Waals surface area contributed by atoms with Gasteiger partial charge in [0, 0.05) is 30.2 Å². The van der Waals surface area contributed by atoms with Gasteiger partial charge in [-0.25, -0.2) is 4.98 Å². The number of aryl methyl sites for hydroxylation is 2. The Labute approximate surface area is 229 Å². The second-order valence-electron chi connectivity index (χ2n) is 9.03. The minimum atomic E-state index is -0.909. The average molecular weight is 546 g/mol. The maximum Gasteiger partial charge on any atom is 0.256 e. The number of hydrogen-bond acceptors (Lipinski definition) is 8. The number of carbonyl (C=O) groups excluding carboxylic acids is 3. The Morgan fingerprint density at radius 2 is 1.82 bits per heavy atom. The Bertz CT molecular complexity index is 1510. The van der Waals surface area contributed by atoms with Crippen molar-refractivity contribution in [1.29, 1.82) is 0 Å². The highest BCUT2D eigenvalue weighted by atomic mass is 32.2. The van der Waals surface area contributed by atoms with Crippen molar-refractivity contribution >= 4 is 40.9 Å². The largest absolute Gasteiger partial charge is 0.457 e. The minimum Gasteiger partial charge on any atom is -0.457 e. The van der Waals surface area contributed by atoms with Gasteiger partial charge in [0.1, 0.15) is 17.5 Å². The van der Waals surface area contributed by atoms with Gasteiger partial charge < -0.3 is 20.3 Å².